The summed E-state index contributed by atoms with van der Waals surface area (Å²) >= 11 is 0. The fourth-order valence-corrected chi connectivity index (χ4v) is 2.64. The molecular formula is C18H25N3O7. The van der Waals surface area contributed by atoms with Crippen LogP contribution in [0, 0.1) is 10.1 Å². The molecule has 1 heterocycles. The Morgan fingerprint density at radius 2 is 1.82 bits per heavy atom. The maximum absolute atomic E-state index is 12.2. The van der Waals surface area contributed by atoms with Gasteiger partial charge in [0.05, 0.1) is 12.0 Å². The molecule has 10 nitrogen and oxygen atoms in total. The van der Waals surface area contributed by atoms with Crippen molar-refractivity contribution in [1.29, 1.82) is 0 Å². The van der Waals surface area contributed by atoms with E-state index in [0.717, 1.165) is 0 Å². The quantitative estimate of drug-likeness (QED) is 0.424. The minimum atomic E-state index is -0.634. The van der Waals surface area contributed by atoms with Crippen molar-refractivity contribution in [2.45, 2.75) is 26.4 Å². The average Bonchev–Trinajstić information content (AvgIpc) is 2.64. The van der Waals surface area contributed by atoms with Crippen LogP contribution in [-0.2, 0) is 14.3 Å². The molecule has 28 heavy (non-hydrogen) atoms. The molecule has 0 N–H and O–H groups in total. The molecule has 0 unspecified atom stereocenters. The number of anilines is 1. The van der Waals surface area contributed by atoms with Crippen LogP contribution in [0.25, 0.3) is 0 Å². The second-order valence-electron chi connectivity index (χ2n) is 7.23. The number of nitro benzene ring substituents is 1. The molecule has 0 aromatic heterocycles. The summed E-state index contributed by atoms with van der Waals surface area (Å²) in [5.74, 6) is -0.645. The third-order valence-corrected chi connectivity index (χ3v) is 4.01. The van der Waals surface area contributed by atoms with Crippen LogP contribution in [0.3, 0.4) is 0 Å². The maximum Gasteiger partial charge on any atom is 0.410 e. The summed E-state index contributed by atoms with van der Waals surface area (Å²) in [7, 11) is 1.21. The molecule has 0 spiro atoms. The van der Waals surface area contributed by atoms with Gasteiger partial charge in [0.1, 0.15) is 5.60 Å². The SMILES string of the molecule is COC(=O)COc1cc(N2CCN(C(=O)OC(C)(C)C)CC2)ccc1[N+](=O)[O-]. The highest BCUT2D eigenvalue weighted by Crippen LogP contribution is 2.32. The smallest absolute Gasteiger partial charge is 0.410 e. The molecule has 0 saturated carbocycles. The van der Waals surface area contributed by atoms with Crippen molar-refractivity contribution < 1.29 is 28.7 Å². The van der Waals surface area contributed by atoms with Gasteiger partial charge in [-0.3, -0.25) is 10.1 Å². The number of hydrogen-bond acceptors (Lipinski definition) is 8. The number of carbonyl (C=O) groups is 2. The molecule has 10 heteroatoms. The predicted octanol–water partition coefficient (Wildman–Crippen LogP) is 2.20. The molecule has 0 bridgehead atoms. The van der Waals surface area contributed by atoms with Crippen molar-refractivity contribution in [3.63, 3.8) is 0 Å². The fraction of sp³-hybridized carbons (Fsp3) is 0.556. The molecule has 1 fully saturated rings. The van der Waals surface area contributed by atoms with Gasteiger partial charge in [-0.25, -0.2) is 9.59 Å². The number of nitro groups is 1. The van der Waals surface area contributed by atoms with E-state index >= 15 is 0 Å². The summed E-state index contributed by atoms with van der Waals surface area (Å²) in [6, 6.07) is 4.47. The first kappa shape index (κ1) is 21.3. The van der Waals surface area contributed by atoms with Gasteiger partial charge in [-0.2, -0.15) is 0 Å². The van der Waals surface area contributed by atoms with E-state index in [4.69, 9.17) is 9.47 Å². The summed E-state index contributed by atoms with van der Waals surface area (Å²) in [6.45, 7) is 7.01. The van der Waals surface area contributed by atoms with Crippen molar-refractivity contribution in [1.82, 2.24) is 4.90 Å². The van der Waals surface area contributed by atoms with Crippen LogP contribution < -0.4 is 9.64 Å². The van der Waals surface area contributed by atoms with Crippen LogP contribution in [0.4, 0.5) is 16.2 Å². The Morgan fingerprint density at radius 3 is 2.36 bits per heavy atom. The number of esters is 1. The van der Waals surface area contributed by atoms with Gasteiger partial charge in [0.2, 0.25) is 0 Å². The zero-order chi connectivity index (χ0) is 20.9. The number of piperazine rings is 1. The summed E-state index contributed by atoms with van der Waals surface area (Å²) in [4.78, 5) is 37.7. The molecule has 1 aromatic rings. The molecule has 0 atom stereocenters. The highest BCUT2D eigenvalue weighted by atomic mass is 16.6. The number of methoxy groups -OCH3 is 1. The van der Waals surface area contributed by atoms with E-state index in [1.54, 1.807) is 11.0 Å². The van der Waals surface area contributed by atoms with Crippen molar-refractivity contribution in [2.75, 3.05) is 44.8 Å². The van der Waals surface area contributed by atoms with Gasteiger partial charge in [-0.05, 0) is 26.8 Å². The lowest BCUT2D eigenvalue weighted by atomic mass is 10.2. The Balaban J connectivity index is 2.06. The van der Waals surface area contributed by atoms with Crippen molar-refractivity contribution in [3.05, 3.63) is 28.3 Å². The Bertz CT molecular complexity index is 737. The molecule has 0 radical (unpaired) electrons. The zero-order valence-electron chi connectivity index (χ0n) is 16.5. The molecule has 1 amide bonds. The Labute approximate surface area is 163 Å². The predicted molar refractivity (Wildman–Crippen MR) is 101 cm³/mol. The normalized spacial score (nSPS) is 14.4. The lowest BCUT2D eigenvalue weighted by molar-refractivity contribution is -0.385. The van der Waals surface area contributed by atoms with E-state index in [1.807, 2.05) is 25.7 Å². The van der Waals surface area contributed by atoms with Crippen LogP contribution in [0.15, 0.2) is 18.2 Å². The molecular weight excluding hydrogens is 370 g/mol. The number of nitrogens with zero attached hydrogens (tertiary/aromatic N) is 3. The molecule has 154 valence electrons. The highest BCUT2D eigenvalue weighted by Gasteiger charge is 2.27. The van der Waals surface area contributed by atoms with E-state index in [2.05, 4.69) is 4.74 Å². The van der Waals surface area contributed by atoms with Gasteiger partial charge in [-0.15, -0.1) is 0 Å². The van der Waals surface area contributed by atoms with E-state index < -0.39 is 23.1 Å². The zero-order valence-corrected chi connectivity index (χ0v) is 16.5. The topological polar surface area (TPSA) is 111 Å². The summed E-state index contributed by atoms with van der Waals surface area (Å²) in [6.07, 6.45) is -0.363. The van der Waals surface area contributed by atoms with Gasteiger partial charge in [0, 0.05) is 44.0 Å². The number of ether oxygens (including phenoxy) is 3. The first-order valence-electron chi connectivity index (χ1n) is 8.81. The molecule has 1 aliphatic rings. The van der Waals surface area contributed by atoms with Crippen LogP contribution in [0.5, 0.6) is 5.75 Å². The molecule has 1 aliphatic heterocycles. The first-order chi connectivity index (χ1) is 13.1. The molecule has 1 aromatic carbocycles. The lowest BCUT2D eigenvalue weighted by Gasteiger charge is -2.36. The lowest BCUT2D eigenvalue weighted by Crippen LogP contribution is -2.50. The van der Waals surface area contributed by atoms with Gasteiger partial charge >= 0.3 is 17.7 Å². The third kappa shape index (κ3) is 5.73. The summed E-state index contributed by atoms with van der Waals surface area (Å²) < 4.78 is 15.1. The second-order valence-corrected chi connectivity index (χ2v) is 7.23. The minimum Gasteiger partial charge on any atom is -0.475 e. The first-order valence-corrected chi connectivity index (χ1v) is 8.81. The summed E-state index contributed by atoms with van der Waals surface area (Å²) in [5.41, 5.74) is -0.0901. The van der Waals surface area contributed by atoms with E-state index in [-0.39, 0.29) is 17.5 Å². The molecule has 0 aliphatic carbocycles. The fourth-order valence-electron chi connectivity index (χ4n) is 2.64. The second kappa shape index (κ2) is 8.77. The third-order valence-electron chi connectivity index (χ3n) is 4.01. The number of carbonyl (C=O) groups excluding carboxylic acids is 2. The Kier molecular flexibility index (Phi) is 6.66. The van der Waals surface area contributed by atoms with Crippen molar-refractivity contribution in [3.8, 4) is 5.75 Å². The number of hydrogen-bond donors (Lipinski definition) is 0. The van der Waals surface area contributed by atoms with Gasteiger partial charge < -0.3 is 24.0 Å². The number of amides is 1. The van der Waals surface area contributed by atoms with Crippen LogP contribution in [0.1, 0.15) is 20.8 Å². The molecule has 1 saturated heterocycles. The Hall–Kier alpha value is -3.04. The van der Waals surface area contributed by atoms with Crippen LogP contribution in [0.2, 0.25) is 0 Å². The number of rotatable bonds is 5. The average molecular weight is 395 g/mol. The van der Waals surface area contributed by atoms with Crippen LogP contribution >= 0.6 is 0 Å². The van der Waals surface area contributed by atoms with Crippen molar-refractivity contribution in [2.24, 2.45) is 0 Å². The Morgan fingerprint density at radius 1 is 1.18 bits per heavy atom. The van der Waals surface area contributed by atoms with Gasteiger partial charge in [0.15, 0.2) is 12.4 Å². The van der Waals surface area contributed by atoms with Crippen LogP contribution in [-0.4, -0.2) is 67.4 Å². The largest absolute Gasteiger partial charge is 0.475 e. The number of benzene rings is 1. The van der Waals surface area contributed by atoms with E-state index in [9.17, 15) is 19.7 Å². The molecule has 2 rings (SSSR count). The summed E-state index contributed by atoms with van der Waals surface area (Å²) in [5, 5.41) is 11.2. The maximum atomic E-state index is 12.2. The standard InChI is InChI=1S/C18H25N3O7/c1-18(2,3)28-17(23)20-9-7-19(8-10-20)13-5-6-14(21(24)25)15(11-13)27-12-16(22)26-4/h5-6,11H,7-10,12H2,1-4H3. The minimum absolute atomic E-state index is 0.0116. The monoisotopic (exact) mass is 395 g/mol. The van der Waals surface area contributed by atoms with Gasteiger partial charge in [0.25, 0.3) is 0 Å². The van der Waals surface area contributed by atoms with E-state index in [0.29, 0.717) is 31.9 Å². The van der Waals surface area contributed by atoms with Gasteiger partial charge in [-0.1, -0.05) is 0 Å². The van der Waals surface area contributed by atoms with E-state index in [1.165, 1.54) is 19.2 Å². The highest BCUT2D eigenvalue weighted by molar-refractivity contribution is 5.71. The van der Waals surface area contributed by atoms with Crippen molar-refractivity contribution >= 4 is 23.4 Å².